The van der Waals surface area contributed by atoms with Gasteiger partial charge in [-0.3, -0.25) is 19.4 Å². The number of aromatic nitrogens is 1. The number of anilines is 1. The van der Waals surface area contributed by atoms with E-state index in [2.05, 4.69) is 10.3 Å². The van der Waals surface area contributed by atoms with Gasteiger partial charge >= 0.3 is 5.92 Å². The number of nitriles is 1. The van der Waals surface area contributed by atoms with E-state index in [9.17, 15) is 24.0 Å². The van der Waals surface area contributed by atoms with E-state index in [1.54, 1.807) is 18.2 Å². The first-order valence-corrected chi connectivity index (χ1v) is 12.1. The van der Waals surface area contributed by atoms with E-state index in [4.69, 9.17) is 11.6 Å². The molecule has 200 valence electrons. The second-order valence-electron chi connectivity index (χ2n) is 10.2. The Kier molecular flexibility index (Phi) is 6.91. The lowest BCUT2D eigenvalue weighted by atomic mass is 9.80. The molecule has 38 heavy (non-hydrogen) atoms. The van der Waals surface area contributed by atoms with Crippen molar-refractivity contribution in [2.24, 2.45) is 0 Å². The van der Waals surface area contributed by atoms with Crippen molar-refractivity contribution in [3.8, 4) is 6.07 Å². The molecule has 0 saturated carbocycles. The number of amides is 3. The summed E-state index contributed by atoms with van der Waals surface area (Å²) in [6, 6.07) is 5.90. The molecule has 2 aliphatic rings. The number of hydrogen-bond donors (Lipinski definition) is 1. The standard InChI is InChI=1S/C26H25ClF3N5O3/c1-24(2,28)12-20(34(3)23(38)26(29,30)15-6-8-32-9-7-15)21(36)35-14-25(11-17(35)13-31)18-10-16(27)4-5-19(18)33-22(25)37/h4-10,17,20H,11-12,14H2,1-3H3,(H,33,37)/t17-,20-,25-/m0/s1. The van der Waals surface area contributed by atoms with Crippen molar-refractivity contribution in [3.63, 3.8) is 0 Å². The van der Waals surface area contributed by atoms with Crippen LogP contribution in [0.1, 0.15) is 37.8 Å². The van der Waals surface area contributed by atoms with Crippen LogP contribution in [0, 0.1) is 11.3 Å². The van der Waals surface area contributed by atoms with Crippen molar-refractivity contribution in [3.05, 3.63) is 58.9 Å². The second kappa shape index (κ2) is 9.58. The maximum Gasteiger partial charge on any atom is 0.350 e. The smallest absolute Gasteiger partial charge is 0.328 e. The summed E-state index contributed by atoms with van der Waals surface area (Å²) in [6.07, 6.45) is 1.51. The molecule has 1 saturated heterocycles. The molecule has 1 N–H and O–H groups in total. The molecule has 0 bridgehead atoms. The highest BCUT2D eigenvalue weighted by atomic mass is 35.5. The lowest BCUT2D eigenvalue weighted by Gasteiger charge is -2.36. The summed E-state index contributed by atoms with van der Waals surface area (Å²) in [7, 11) is 0.996. The number of likely N-dealkylation sites (tertiary alicyclic amines) is 1. The Labute approximate surface area is 222 Å². The molecule has 1 fully saturated rings. The molecule has 0 aliphatic carbocycles. The Balaban J connectivity index is 1.70. The zero-order valence-electron chi connectivity index (χ0n) is 20.8. The van der Waals surface area contributed by atoms with Gasteiger partial charge in [0.25, 0.3) is 5.91 Å². The number of rotatable bonds is 6. The summed E-state index contributed by atoms with van der Waals surface area (Å²) in [4.78, 5) is 45.2. The van der Waals surface area contributed by atoms with E-state index in [0.717, 1.165) is 50.3 Å². The van der Waals surface area contributed by atoms with Crippen molar-refractivity contribution in [1.82, 2.24) is 14.8 Å². The van der Waals surface area contributed by atoms with Gasteiger partial charge in [-0.25, -0.2) is 4.39 Å². The largest absolute Gasteiger partial charge is 0.350 e. The maximum absolute atomic E-state index is 15.1. The molecule has 4 rings (SSSR count). The molecule has 1 aromatic heterocycles. The fourth-order valence-electron chi connectivity index (χ4n) is 5.09. The van der Waals surface area contributed by atoms with Crippen LogP contribution in [0.4, 0.5) is 18.9 Å². The lowest BCUT2D eigenvalue weighted by Crippen LogP contribution is -2.55. The number of carbonyl (C=O) groups excluding carboxylic acids is 3. The normalized spacial score (nSPS) is 21.6. The van der Waals surface area contributed by atoms with Gasteiger partial charge in [0.2, 0.25) is 11.8 Å². The molecule has 2 aliphatic heterocycles. The zero-order valence-corrected chi connectivity index (χ0v) is 21.6. The van der Waals surface area contributed by atoms with Crippen LogP contribution in [0.15, 0.2) is 42.7 Å². The Bertz CT molecular complexity index is 1330. The molecular formula is C26H25ClF3N5O3. The van der Waals surface area contributed by atoms with E-state index in [-0.39, 0.29) is 13.0 Å². The van der Waals surface area contributed by atoms with Gasteiger partial charge in [0, 0.05) is 55.1 Å². The molecule has 0 radical (unpaired) electrons. The topological polar surface area (TPSA) is 106 Å². The number of likely N-dealkylation sites (N-methyl/N-ethyl adjacent to an activating group) is 1. The molecule has 0 unspecified atom stereocenters. The summed E-state index contributed by atoms with van der Waals surface area (Å²) in [6.45, 7) is 2.04. The number of benzene rings is 1. The quantitative estimate of drug-likeness (QED) is 0.592. The van der Waals surface area contributed by atoms with Crippen molar-refractivity contribution in [2.45, 2.75) is 55.8 Å². The predicted molar refractivity (Wildman–Crippen MR) is 132 cm³/mol. The van der Waals surface area contributed by atoms with Crippen LogP contribution >= 0.6 is 11.6 Å². The van der Waals surface area contributed by atoms with Gasteiger partial charge in [-0.2, -0.15) is 14.0 Å². The molecule has 8 nitrogen and oxygen atoms in total. The third-order valence-electron chi connectivity index (χ3n) is 7.03. The van der Waals surface area contributed by atoms with E-state index >= 15 is 8.78 Å². The number of nitrogens with one attached hydrogen (secondary N) is 1. The van der Waals surface area contributed by atoms with Gasteiger partial charge in [-0.1, -0.05) is 11.6 Å². The van der Waals surface area contributed by atoms with E-state index in [1.165, 1.54) is 0 Å². The predicted octanol–water partition coefficient (Wildman–Crippen LogP) is 3.81. The summed E-state index contributed by atoms with van der Waals surface area (Å²) in [5.41, 5.74) is -3.00. The Hall–Kier alpha value is -3.65. The van der Waals surface area contributed by atoms with Gasteiger partial charge in [0.05, 0.1) is 11.5 Å². The minimum Gasteiger partial charge on any atom is -0.328 e. The van der Waals surface area contributed by atoms with Crippen LogP contribution in [0.5, 0.6) is 0 Å². The van der Waals surface area contributed by atoms with Crippen LogP contribution in [0.3, 0.4) is 0 Å². The van der Waals surface area contributed by atoms with Crippen molar-refractivity contribution in [1.29, 1.82) is 5.26 Å². The third-order valence-corrected chi connectivity index (χ3v) is 7.27. The molecular weight excluding hydrogens is 523 g/mol. The number of carbonyl (C=O) groups is 3. The van der Waals surface area contributed by atoms with Gasteiger partial charge in [0.1, 0.15) is 17.8 Å². The van der Waals surface area contributed by atoms with Crippen LogP contribution in [-0.4, -0.2) is 63.9 Å². The average molecular weight is 548 g/mol. The van der Waals surface area contributed by atoms with E-state index in [1.807, 2.05) is 6.07 Å². The highest BCUT2D eigenvalue weighted by Gasteiger charge is 2.57. The molecule has 12 heteroatoms. The first-order chi connectivity index (χ1) is 17.7. The Morgan fingerprint density at radius 2 is 1.95 bits per heavy atom. The fraction of sp³-hybridized carbons (Fsp3) is 0.423. The summed E-state index contributed by atoms with van der Waals surface area (Å²) >= 11 is 6.15. The fourth-order valence-corrected chi connectivity index (χ4v) is 5.26. The van der Waals surface area contributed by atoms with Crippen molar-refractivity contribution in [2.75, 3.05) is 18.9 Å². The monoisotopic (exact) mass is 547 g/mol. The summed E-state index contributed by atoms with van der Waals surface area (Å²) in [5, 5.41) is 13.0. The Morgan fingerprint density at radius 1 is 1.29 bits per heavy atom. The van der Waals surface area contributed by atoms with Gasteiger partial charge in [-0.05, 0) is 49.7 Å². The third kappa shape index (κ3) is 4.69. The highest BCUT2D eigenvalue weighted by molar-refractivity contribution is 6.31. The number of alkyl halides is 3. The first-order valence-electron chi connectivity index (χ1n) is 11.8. The first kappa shape index (κ1) is 27.4. The Morgan fingerprint density at radius 3 is 2.55 bits per heavy atom. The summed E-state index contributed by atoms with van der Waals surface area (Å²) < 4.78 is 45.1. The van der Waals surface area contributed by atoms with Crippen LogP contribution in [0.25, 0.3) is 0 Å². The molecule has 3 atom stereocenters. The maximum atomic E-state index is 15.1. The lowest BCUT2D eigenvalue weighted by molar-refractivity contribution is -0.164. The number of halogens is 4. The van der Waals surface area contributed by atoms with Gasteiger partial charge < -0.3 is 15.1 Å². The highest BCUT2D eigenvalue weighted by Crippen LogP contribution is 2.47. The summed E-state index contributed by atoms with van der Waals surface area (Å²) in [5.74, 6) is -7.10. The van der Waals surface area contributed by atoms with Crippen LogP contribution < -0.4 is 5.32 Å². The van der Waals surface area contributed by atoms with Gasteiger partial charge in [-0.15, -0.1) is 0 Å². The van der Waals surface area contributed by atoms with E-state index < -0.39 is 58.8 Å². The number of nitrogens with zero attached hydrogens (tertiary/aromatic N) is 4. The molecule has 3 amide bonds. The van der Waals surface area contributed by atoms with Crippen LogP contribution in [-0.2, 0) is 25.7 Å². The van der Waals surface area contributed by atoms with Crippen molar-refractivity contribution >= 4 is 35.0 Å². The van der Waals surface area contributed by atoms with Gasteiger partial charge in [0.15, 0.2) is 0 Å². The van der Waals surface area contributed by atoms with Crippen LogP contribution in [0.2, 0.25) is 5.02 Å². The number of pyridine rings is 1. The zero-order chi connectivity index (χ0) is 28.0. The molecule has 1 aromatic carbocycles. The molecule has 1 spiro atoms. The molecule has 3 heterocycles. The average Bonchev–Trinajstić information content (AvgIpc) is 3.39. The minimum absolute atomic E-state index is 0.0784. The SMILES string of the molecule is CN(C(=O)C(F)(F)c1ccncc1)[C@@H](CC(C)(C)F)C(=O)N1C[C@]2(C[C@H]1C#N)C(=O)Nc1ccc(Cl)cc12. The number of fused-ring (bicyclic) bond motifs is 2. The molecule has 2 aromatic rings. The van der Waals surface area contributed by atoms with E-state index in [0.29, 0.717) is 21.2 Å². The number of hydrogen-bond acceptors (Lipinski definition) is 5. The minimum atomic E-state index is -4.03. The second-order valence-corrected chi connectivity index (χ2v) is 10.6. The van der Waals surface area contributed by atoms with Crippen molar-refractivity contribution < 1.29 is 27.6 Å².